The third kappa shape index (κ3) is 1.91. The highest BCUT2D eigenvalue weighted by Gasteiger charge is 2.49. The molecule has 1 aliphatic rings. The SMILES string of the molecule is CCC1(CC)CC(=O)N(c2cccc(N)c2C)C1=O. The highest BCUT2D eigenvalue weighted by molar-refractivity contribution is 6.23. The average Bonchev–Trinajstić information content (AvgIpc) is 2.65. The van der Waals surface area contributed by atoms with Gasteiger partial charge in [-0.05, 0) is 37.5 Å². The molecule has 2 rings (SSSR count). The van der Waals surface area contributed by atoms with Gasteiger partial charge in [0.05, 0.1) is 11.1 Å². The predicted molar refractivity (Wildman–Crippen MR) is 75.7 cm³/mol. The van der Waals surface area contributed by atoms with E-state index in [1.54, 1.807) is 18.2 Å². The zero-order valence-electron chi connectivity index (χ0n) is 11.7. The summed E-state index contributed by atoms with van der Waals surface area (Å²) in [5.74, 6) is -0.210. The average molecular weight is 260 g/mol. The molecule has 1 heterocycles. The highest BCUT2D eigenvalue weighted by Crippen LogP contribution is 2.42. The number of amides is 2. The molecule has 2 amide bonds. The van der Waals surface area contributed by atoms with E-state index in [0.29, 0.717) is 30.6 Å². The fraction of sp³-hybridized carbons (Fsp3) is 0.467. The van der Waals surface area contributed by atoms with E-state index in [1.165, 1.54) is 4.90 Å². The fourth-order valence-electron chi connectivity index (χ4n) is 2.72. The molecule has 102 valence electrons. The minimum absolute atomic E-state index is 0.0869. The first kappa shape index (κ1) is 13.6. The van der Waals surface area contributed by atoms with Gasteiger partial charge >= 0.3 is 0 Å². The number of hydrogen-bond acceptors (Lipinski definition) is 3. The molecular weight excluding hydrogens is 240 g/mol. The zero-order chi connectivity index (χ0) is 14.2. The van der Waals surface area contributed by atoms with Crippen LogP contribution in [0.3, 0.4) is 0 Å². The van der Waals surface area contributed by atoms with Gasteiger partial charge in [0.1, 0.15) is 0 Å². The van der Waals surface area contributed by atoms with Gasteiger partial charge in [-0.1, -0.05) is 19.9 Å². The van der Waals surface area contributed by atoms with Gasteiger partial charge in [-0.25, -0.2) is 4.90 Å². The Bertz CT molecular complexity index is 533. The lowest BCUT2D eigenvalue weighted by Gasteiger charge is -2.24. The first-order chi connectivity index (χ1) is 8.96. The van der Waals surface area contributed by atoms with Gasteiger partial charge in [0.15, 0.2) is 0 Å². The largest absolute Gasteiger partial charge is 0.398 e. The number of rotatable bonds is 3. The van der Waals surface area contributed by atoms with Crippen LogP contribution >= 0.6 is 0 Å². The third-order valence-electron chi connectivity index (χ3n) is 4.34. The molecule has 0 atom stereocenters. The van der Waals surface area contributed by atoms with E-state index in [0.717, 1.165) is 5.56 Å². The van der Waals surface area contributed by atoms with Crippen LogP contribution in [0.15, 0.2) is 18.2 Å². The number of nitrogens with two attached hydrogens (primary N) is 1. The molecule has 0 aliphatic carbocycles. The van der Waals surface area contributed by atoms with Gasteiger partial charge in [-0.15, -0.1) is 0 Å². The third-order valence-corrected chi connectivity index (χ3v) is 4.34. The van der Waals surface area contributed by atoms with E-state index >= 15 is 0 Å². The van der Waals surface area contributed by atoms with Crippen molar-refractivity contribution in [3.8, 4) is 0 Å². The normalized spacial score (nSPS) is 18.2. The lowest BCUT2D eigenvalue weighted by Crippen LogP contribution is -2.35. The van der Waals surface area contributed by atoms with Gasteiger partial charge in [0, 0.05) is 12.1 Å². The van der Waals surface area contributed by atoms with E-state index in [1.807, 2.05) is 20.8 Å². The van der Waals surface area contributed by atoms with E-state index in [4.69, 9.17) is 5.73 Å². The van der Waals surface area contributed by atoms with Gasteiger partial charge in [-0.2, -0.15) is 0 Å². The van der Waals surface area contributed by atoms with Crippen molar-refractivity contribution in [1.29, 1.82) is 0 Å². The van der Waals surface area contributed by atoms with E-state index < -0.39 is 5.41 Å². The molecule has 0 saturated carbocycles. The molecular formula is C15H20N2O2. The zero-order valence-corrected chi connectivity index (χ0v) is 11.7. The number of carbonyl (C=O) groups excluding carboxylic acids is 2. The Balaban J connectivity index is 2.49. The van der Waals surface area contributed by atoms with E-state index in [9.17, 15) is 9.59 Å². The lowest BCUT2D eigenvalue weighted by molar-refractivity contribution is -0.126. The van der Waals surface area contributed by atoms with Crippen LogP contribution in [0.25, 0.3) is 0 Å². The van der Waals surface area contributed by atoms with Crippen LogP contribution in [-0.2, 0) is 9.59 Å². The van der Waals surface area contributed by atoms with Crippen molar-refractivity contribution in [1.82, 2.24) is 0 Å². The number of imide groups is 1. The molecule has 1 aromatic rings. The first-order valence-electron chi connectivity index (χ1n) is 6.69. The number of benzene rings is 1. The van der Waals surface area contributed by atoms with Crippen LogP contribution in [0.2, 0.25) is 0 Å². The second-order valence-corrected chi connectivity index (χ2v) is 5.19. The maximum Gasteiger partial charge on any atom is 0.240 e. The summed E-state index contributed by atoms with van der Waals surface area (Å²) >= 11 is 0. The summed E-state index contributed by atoms with van der Waals surface area (Å²) in [7, 11) is 0. The topological polar surface area (TPSA) is 63.4 Å². The van der Waals surface area contributed by atoms with E-state index in [-0.39, 0.29) is 11.8 Å². The van der Waals surface area contributed by atoms with Crippen LogP contribution in [0.5, 0.6) is 0 Å². The maximum atomic E-state index is 12.6. The molecule has 0 spiro atoms. The first-order valence-corrected chi connectivity index (χ1v) is 6.69. The standard InChI is InChI=1S/C15H20N2O2/c1-4-15(5-2)9-13(18)17(14(15)19)12-8-6-7-11(16)10(12)3/h6-8H,4-5,9,16H2,1-3H3. The van der Waals surface area contributed by atoms with Crippen LogP contribution in [0.1, 0.15) is 38.7 Å². The Morgan fingerprint density at radius 1 is 1.26 bits per heavy atom. The quantitative estimate of drug-likeness (QED) is 0.671. The maximum absolute atomic E-state index is 12.6. The van der Waals surface area contributed by atoms with Crippen molar-refractivity contribution in [3.05, 3.63) is 23.8 Å². The summed E-state index contributed by atoms with van der Waals surface area (Å²) in [6.45, 7) is 5.76. The minimum Gasteiger partial charge on any atom is -0.398 e. The fourth-order valence-corrected chi connectivity index (χ4v) is 2.72. The smallest absolute Gasteiger partial charge is 0.240 e. The van der Waals surface area contributed by atoms with Crippen LogP contribution in [0, 0.1) is 12.3 Å². The number of carbonyl (C=O) groups is 2. The molecule has 1 aromatic carbocycles. The molecule has 1 saturated heterocycles. The summed E-state index contributed by atoms with van der Waals surface area (Å²) in [6.07, 6.45) is 1.67. The Kier molecular flexibility index (Phi) is 3.35. The monoisotopic (exact) mass is 260 g/mol. The Morgan fingerprint density at radius 2 is 1.89 bits per heavy atom. The molecule has 4 nitrogen and oxygen atoms in total. The number of nitrogens with zero attached hydrogens (tertiary/aromatic N) is 1. The highest BCUT2D eigenvalue weighted by atomic mass is 16.2. The Hall–Kier alpha value is -1.84. The molecule has 4 heteroatoms. The van der Waals surface area contributed by atoms with Gasteiger partial charge in [0.25, 0.3) is 0 Å². The second-order valence-electron chi connectivity index (χ2n) is 5.19. The molecule has 0 bridgehead atoms. The van der Waals surface area contributed by atoms with Crippen molar-refractivity contribution >= 4 is 23.2 Å². The van der Waals surface area contributed by atoms with Crippen molar-refractivity contribution in [2.24, 2.45) is 5.41 Å². The molecule has 0 unspecified atom stereocenters. The van der Waals surface area contributed by atoms with Crippen molar-refractivity contribution in [3.63, 3.8) is 0 Å². The molecule has 19 heavy (non-hydrogen) atoms. The van der Waals surface area contributed by atoms with E-state index in [2.05, 4.69) is 0 Å². The van der Waals surface area contributed by atoms with Crippen LogP contribution in [-0.4, -0.2) is 11.8 Å². The van der Waals surface area contributed by atoms with Gasteiger partial charge in [-0.3, -0.25) is 9.59 Å². The number of anilines is 2. The minimum atomic E-state index is -0.534. The summed E-state index contributed by atoms with van der Waals surface area (Å²) in [5.41, 5.74) is 7.34. The molecule has 1 fully saturated rings. The van der Waals surface area contributed by atoms with Gasteiger partial charge in [0.2, 0.25) is 11.8 Å². The molecule has 0 aromatic heterocycles. The van der Waals surface area contributed by atoms with Crippen molar-refractivity contribution in [2.45, 2.75) is 40.0 Å². The number of nitrogen functional groups attached to an aromatic ring is 1. The summed E-state index contributed by atoms with van der Waals surface area (Å²) < 4.78 is 0. The lowest BCUT2D eigenvalue weighted by atomic mass is 9.81. The second kappa shape index (κ2) is 4.68. The molecule has 1 aliphatic heterocycles. The summed E-state index contributed by atoms with van der Waals surface area (Å²) in [5, 5.41) is 0. The molecule has 2 N–H and O–H groups in total. The Morgan fingerprint density at radius 3 is 2.42 bits per heavy atom. The van der Waals surface area contributed by atoms with Crippen LogP contribution in [0.4, 0.5) is 11.4 Å². The summed E-state index contributed by atoms with van der Waals surface area (Å²) in [6, 6.07) is 5.33. The van der Waals surface area contributed by atoms with Gasteiger partial charge < -0.3 is 5.73 Å². The predicted octanol–water partition coefficient (Wildman–Crippen LogP) is 2.65. The number of hydrogen-bond donors (Lipinski definition) is 1. The summed E-state index contributed by atoms with van der Waals surface area (Å²) in [4.78, 5) is 26.2. The van der Waals surface area contributed by atoms with Crippen LogP contribution < -0.4 is 10.6 Å². The molecule has 0 radical (unpaired) electrons. The van der Waals surface area contributed by atoms with Crippen molar-refractivity contribution < 1.29 is 9.59 Å². The Labute approximate surface area is 113 Å². The van der Waals surface area contributed by atoms with Crippen molar-refractivity contribution in [2.75, 3.05) is 10.6 Å².